The second kappa shape index (κ2) is 5.92. The van der Waals surface area contributed by atoms with Crippen LogP contribution in [0.25, 0.3) is 0 Å². The second-order valence-electron chi connectivity index (χ2n) is 4.37. The molecule has 0 bridgehead atoms. The Kier molecular flexibility index (Phi) is 4.04. The van der Waals surface area contributed by atoms with Gasteiger partial charge in [-0.05, 0) is 42.3 Å². The van der Waals surface area contributed by atoms with Gasteiger partial charge < -0.3 is 10.1 Å². The van der Waals surface area contributed by atoms with Gasteiger partial charge in [-0.1, -0.05) is 18.2 Å². The van der Waals surface area contributed by atoms with Gasteiger partial charge in [-0.25, -0.2) is 0 Å². The van der Waals surface area contributed by atoms with Gasteiger partial charge in [-0.2, -0.15) is 5.26 Å². The van der Waals surface area contributed by atoms with Gasteiger partial charge in [0.15, 0.2) is 0 Å². The molecule has 0 aliphatic heterocycles. The van der Waals surface area contributed by atoms with Gasteiger partial charge in [0.05, 0.1) is 24.4 Å². The minimum atomic E-state index is 0.662. The predicted octanol–water partition coefficient (Wildman–Crippen LogP) is 3.49. The lowest BCUT2D eigenvalue weighted by molar-refractivity contribution is 0.416. The molecule has 3 nitrogen and oxygen atoms in total. The van der Waals surface area contributed by atoms with E-state index >= 15 is 0 Å². The Morgan fingerprint density at radius 3 is 2.79 bits per heavy atom. The molecule has 2 aromatic rings. The summed E-state index contributed by atoms with van der Waals surface area (Å²) in [5.74, 6) is 0.830. The van der Waals surface area contributed by atoms with E-state index in [-0.39, 0.29) is 0 Å². The highest BCUT2D eigenvalue weighted by atomic mass is 16.5. The smallest absolute Gasteiger partial charge is 0.142 e. The normalized spacial score (nSPS) is 9.74. The summed E-state index contributed by atoms with van der Waals surface area (Å²) < 4.78 is 5.34. The number of ether oxygens (including phenoxy) is 1. The first-order valence-corrected chi connectivity index (χ1v) is 6.10. The van der Waals surface area contributed by atoms with Crippen LogP contribution < -0.4 is 10.1 Å². The van der Waals surface area contributed by atoms with Crippen LogP contribution in [-0.4, -0.2) is 7.11 Å². The Balaban J connectivity index is 2.12. The summed E-state index contributed by atoms with van der Waals surface area (Å²) in [4.78, 5) is 0. The molecule has 0 saturated carbocycles. The summed E-state index contributed by atoms with van der Waals surface area (Å²) in [6.07, 6.45) is 0. The SMILES string of the molecule is COc1cc(C)ccc1NCc1cccc(C#N)c1. The van der Waals surface area contributed by atoms with Crippen LogP contribution in [0.4, 0.5) is 5.69 Å². The molecule has 0 fully saturated rings. The van der Waals surface area contributed by atoms with Crippen LogP contribution in [0.2, 0.25) is 0 Å². The third kappa shape index (κ3) is 3.26. The molecular formula is C16H16N2O. The highest BCUT2D eigenvalue weighted by Crippen LogP contribution is 2.25. The third-order valence-corrected chi connectivity index (χ3v) is 2.90. The van der Waals surface area contributed by atoms with Crippen molar-refractivity contribution in [2.24, 2.45) is 0 Å². The maximum Gasteiger partial charge on any atom is 0.142 e. The Morgan fingerprint density at radius 2 is 2.05 bits per heavy atom. The van der Waals surface area contributed by atoms with Crippen LogP contribution in [0.3, 0.4) is 0 Å². The highest BCUT2D eigenvalue weighted by Gasteiger charge is 2.03. The zero-order valence-corrected chi connectivity index (χ0v) is 11.1. The number of benzene rings is 2. The van der Waals surface area contributed by atoms with Crippen LogP contribution in [0.5, 0.6) is 5.75 Å². The van der Waals surface area contributed by atoms with Gasteiger partial charge >= 0.3 is 0 Å². The number of methoxy groups -OCH3 is 1. The zero-order valence-electron chi connectivity index (χ0n) is 11.1. The molecule has 3 heteroatoms. The summed E-state index contributed by atoms with van der Waals surface area (Å²) in [5, 5.41) is 12.2. The Hall–Kier alpha value is -2.47. The molecule has 0 atom stereocenters. The first kappa shape index (κ1) is 13.0. The average molecular weight is 252 g/mol. The largest absolute Gasteiger partial charge is 0.495 e. The standard InChI is InChI=1S/C16H16N2O/c1-12-6-7-15(16(8-12)19-2)18-11-14-5-3-4-13(9-14)10-17/h3-9,18H,11H2,1-2H3. The van der Waals surface area contributed by atoms with E-state index in [1.165, 1.54) is 0 Å². The number of aryl methyl sites for hydroxylation is 1. The van der Waals surface area contributed by atoms with Gasteiger partial charge in [0.25, 0.3) is 0 Å². The van der Waals surface area contributed by atoms with Crippen molar-refractivity contribution in [3.63, 3.8) is 0 Å². The topological polar surface area (TPSA) is 45.0 Å². The Bertz CT molecular complexity index is 614. The van der Waals surface area contributed by atoms with Crippen molar-refractivity contribution >= 4 is 5.69 Å². The average Bonchev–Trinajstić information content (AvgIpc) is 2.46. The molecule has 0 spiro atoms. The van der Waals surface area contributed by atoms with Crippen molar-refractivity contribution in [1.29, 1.82) is 5.26 Å². The van der Waals surface area contributed by atoms with E-state index < -0.39 is 0 Å². The minimum absolute atomic E-state index is 0.662. The molecule has 2 rings (SSSR count). The third-order valence-electron chi connectivity index (χ3n) is 2.90. The van der Waals surface area contributed by atoms with Crippen molar-refractivity contribution < 1.29 is 4.74 Å². The number of rotatable bonds is 4. The molecule has 0 radical (unpaired) electrons. The van der Waals surface area contributed by atoms with Crippen molar-refractivity contribution in [3.05, 3.63) is 59.2 Å². The molecule has 2 aromatic carbocycles. The molecule has 0 amide bonds. The molecule has 1 N–H and O–H groups in total. The van der Waals surface area contributed by atoms with E-state index in [0.717, 1.165) is 22.6 Å². The minimum Gasteiger partial charge on any atom is -0.495 e. The molecule has 0 aromatic heterocycles. The van der Waals surface area contributed by atoms with E-state index in [2.05, 4.69) is 11.4 Å². The first-order valence-electron chi connectivity index (χ1n) is 6.10. The molecule has 0 aliphatic carbocycles. The highest BCUT2D eigenvalue weighted by molar-refractivity contribution is 5.57. The number of hydrogen-bond donors (Lipinski definition) is 1. The Morgan fingerprint density at radius 1 is 1.21 bits per heavy atom. The van der Waals surface area contributed by atoms with Gasteiger partial charge in [-0.3, -0.25) is 0 Å². The zero-order chi connectivity index (χ0) is 13.7. The summed E-state index contributed by atoms with van der Waals surface area (Å²) in [7, 11) is 1.66. The fourth-order valence-electron chi connectivity index (χ4n) is 1.89. The van der Waals surface area contributed by atoms with E-state index in [4.69, 9.17) is 10.00 Å². The number of hydrogen-bond acceptors (Lipinski definition) is 3. The Labute approximate surface area is 113 Å². The lowest BCUT2D eigenvalue weighted by Crippen LogP contribution is -2.01. The summed E-state index contributed by atoms with van der Waals surface area (Å²) >= 11 is 0. The van der Waals surface area contributed by atoms with E-state index in [1.54, 1.807) is 13.2 Å². The van der Waals surface area contributed by atoms with Crippen LogP contribution in [0.1, 0.15) is 16.7 Å². The summed E-state index contributed by atoms with van der Waals surface area (Å²) in [6.45, 7) is 2.69. The summed E-state index contributed by atoms with van der Waals surface area (Å²) in [6, 6.07) is 15.7. The second-order valence-corrected chi connectivity index (χ2v) is 4.37. The quantitative estimate of drug-likeness (QED) is 0.906. The maximum atomic E-state index is 8.87. The van der Waals surface area contributed by atoms with Crippen molar-refractivity contribution in [3.8, 4) is 11.8 Å². The van der Waals surface area contributed by atoms with Crippen LogP contribution >= 0.6 is 0 Å². The first-order chi connectivity index (χ1) is 9.22. The van der Waals surface area contributed by atoms with Crippen molar-refractivity contribution in [2.75, 3.05) is 12.4 Å². The molecule has 0 aliphatic rings. The molecule has 0 unspecified atom stereocenters. The van der Waals surface area contributed by atoms with Crippen LogP contribution in [0, 0.1) is 18.3 Å². The van der Waals surface area contributed by atoms with Gasteiger partial charge in [-0.15, -0.1) is 0 Å². The number of anilines is 1. The van der Waals surface area contributed by atoms with Crippen LogP contribution in [-0.2, 0) is 6.54 Å². The summed E-state index contributed by atoms with van der Waals surface area (Å²) in [5.41, 5.74) is 3.86. The predicted molar refractivity (Wildman–Crippen MR) is 76.2 cm³/mol. The van der Waals surface area contributed by atoms with E-state index in [9.17, 15) is 0 Å². The fraction of sp³-hybridized carbons (Fsp3) is 0.188. The molecule has 0 saturated heterocycles. The van der Waals surface area contributed by atoms with E-state index in [0.29, 0.717) is 12.1 Å². The molecule has 96 valence electrons. The molecule has 0 heterocycles. The maximum absolute atomic E-state index is 8.87. The monoisotopic (exact) mass is 252 g/mol. The molecule has 19 heavy (non-hydrogen) atoms. The van der Waals surface area contributed by atoms with Crippen molar-refractivity contribution in [1.82, 2.24) is 0 Å². The van der Waals surface area contributed by atoms with Gasteiger partial charge in [0.1, 0.15) is 5.75 Å². The number of nitrogens with zero attached hydrogens (tertiary/aromatic N) is 1. The lowest BCUT2D eigenvalue weighted by Gasteiger charge is -2.12. The van der Waals surface area contributed by atoms with Gasteiger partial charge in [0, 0.05) is 6.54 Å². The fourth-order valence-corrected chi connectivity index (χ4v) is 1.89. The number of nitrogens with one attached hydrogen (secondary N) is 1. The number of nitriles is 1. The lowest BCUT2D eigenvalue weighted by atomic mass is 10.1. The molecular weight excluding hydrogens is 236 g/mol. The van der Waals surface area contributed by atoms with Gasteiger partial charge in [0.2, 0.25) is 0 Å². The van der Waals surface area contributed by atoms with Crippen LogP contribution in [0.15, 0.2) is 42.5 Å². The van der Waals surface area contributed by atoms with Crippen molar-refractivity contribution in [2.45, 2.75) is 13.5 Å². The van der Waals surface area contributed by atoms with E-state index in [1.807, 2.05) is 43.3 Å².